The van der Waals surface area contributed by atoms with Gasteiger partial charge in [-0.2, -0.15) is 0 Å². The van der Waals surface area contributed by atoms with Gasteiger partial charge in [-0.1, -0.05) is 6.07 Å². The first-order valence-electron chi connectivity index (χ1n) is 9.50. The van der Waals surface area contributed by atoms with Gasteiger partial charge in [0.25, 0.3) is 5.56 Å². The highest BCUT2D eigenvalue weighted by atomic mass is 19.1. The Morgan fingerprint density at radius 3 is 2.62 bits per heavy atom. The topological polar surface area (TPSA) is 101 Å². The molecule has 5 rings (SSSR count). The standard InChI is InChI=1S/C21H14F3N7O/c1-10(29-19-17-18(26-8-25-17)27-9-28-19)20-30-15-4-2-3-14(24)16(15)21(32)31(20)13-6-11(22)5-12(23)7-13/h2-10H,1H3,(H2,25,26,27,28,29)/t10-/m0/s1. The highest BCUT2D eigenvalue weighted by molar-refractivity contribution is 5.82. The molecule has 0 amide bonds. The Kier molecular flexibility index (Phi) is 4.58. The molecule has 3 heterocycles. The number of H-pyrrole nitrogens is 1. The summed E-state index contributed by atoms with van der Waals surface area (Å²) < 4.78 is 43.4. The summed E-state index contributed by atoms with van der Waals surface area (Å²) in [4.78, 5) is 33.0. The Balaban J connectivity index is 1.74. The molecule has 0 fully saturated rings. The van der Waals surface area contributed by atoms with Crippen molar-refractivity contribution in [3.8, 4) is 5.69 Å². The Labute approximate surface area is 177 Å². The van der Waals surface area contributed by atoms with Crippen LogP contribution in [0, 0.1) is 17.5 Å². The van der Waals surface area contributed by atoms with E-state index in [1.807, 2.05) is 0 Å². The molecule has 0 saturated heterocycles. The van der Waals surface area contributed by atoms with Gasteiger partial charge in [-0.3, -0.25) is 9.36 Å². The molecule has 0 bridgehead atoms. The number of aromatic amines is 1. The predicted molar refractivity (Wildman–Crippen MR) is 111 cm³/mol. The van der Waals surface area contributed by atoms with E-state index in [2.05, 4.69) is 30.2 Å². The van der Waals surface area contributed by atoms with Crippen molar-refractivity contribution in [2.24, 2.45) is 0 Å². The quantitative estimate of drug-likeness (QED) is 0.445. The molecule has 32 heavy (non-hydrogen) atoms. The van der Waals surface area contributed by atoms with E-state index < -0.39 is 29.1 Å². The number of nitrogens with one attached hydrogen (secondary N) is 2. The van der Waals surface area contributed by atoms with Crippen molar-refractivity contribution in [1.29, 1.82) is 0 Å². The third-order valence-corrected chi connectivity index (χ3v) is 4.94. The zero-order valence-electron chi connectivity index (χ0n) is 16.5. The molecule has 11 heteroatoms. The van der Waals surface area contributed by atoms with Crippen molar-refractivity contribution in [2.45, 2.75) is 13.0 Å². The van der Waals surface area contributed by atoms with Gasteiger partial charge in [0.05, 0.1) is 23.6 Å². The lowest BCUT2D eigenvalue weighted by Gasteiger charge is -2.20. The van der Waals surface area contributed by atoms with E-state index in [4.69, 9.17) is 0 Å². The van der Waals surface area contributed by atoms with Gasteiger partial charge >= 0.3 is 0 Å². The van der Waals surface area contributed by atoms with Gasteiger partial charge in [0.15, 0.2) is 11.5 Å². The molecular weight excluding hydrogens is 423 g/mol. The summed E-state index contributed by atoms with van der Waals surface area (Å²) >= 11 is 0. The zero-order chi connectivity index (χ0) is 22.4. The fraction of sp³-hybridized carbons (Fsp3) is 0.0952. The van der Waals surface area contributed by atoms with Crippen molar-refractivity contribution in [1.82, 2.24) is 29.5 Å². The predicted octanol–water partition coefficient (Wildman–Crippen LogP) is 3.64. The Morgan fingerprint density at radius 2 is 1.84 bits per heavy atom. The second kappa shape index (κ2) is 7.45. The average molecular weight is 437 g/mol. The summed E-state index contributed by atoms with van der Waals surface area (Å²) in [7, 11) is 0. The van der Waals surface area contributed by atoms with Gasteiger partial charge in [-0.25, -0.2) is 33.1 Å². The molecule has 0 radical (unpaired) electrons. The zero-order valence-corrected chi connectivity index (χ0v) is 16.5. The first kappa shape index (κ1) is 19.7. The number of imidazole rings is 1. The van der Waals surface area contributed by atoms with E-state index in [-0.39, 0.29) is 22.4 Å². The minimum Gasteiger partial charge on any atom is -0.358 e. The number of aromatic nitrogens is 6. The average Bonchev–Trinajstić information content (AvgIpc) is 3.22. The molecule has 8 nitrogen and oxygen atoms in total. The molecule has 2 N–H and O–H groups in total. The van der Waals surface area contributed by atoms with Gasteiger partial charge < -0.3 is 10.3 Å². The van der Waals surface area contributed by atoms with Crippen molar-refractivity contribution >= 4 is 27.9 Å². The number of anilines is 1. The van der Waals surface area contributed by atoms with Gasteiger partial charge in [-0.05, 0) is 31.2 Å². The molecule has 0 aliphatic carbocycles. The van der Waals surface area contributed by atoms with Crippen LogP contribution in [0.5, 0.6) is 0 Å². The fourth-order valence-corrected chi connectivity index (χ4v) is 3.56. The van der Waals surface area contributed by atoms with Crippen LogP contribution in [0.15, 0.2) is 53.8 Å². The van der Waals surface area contributed by atoms with Crippen molar-refractivity contribution in [3.05, 3.63) is 82.7 Å². The Bertz CT molecular complexity index is 1530. The third-order valence-electron chi connectivity index (χ3n) is 4.94. The van der Waals surface area contributed by atoms with E-state index >= 15 is 0 Å². The number of nitrogens with zero attached hydrogens (tertiary/aromatic N) is 5. The van der Waals surface area contributed by atoms with Crippen LogP contribution in [0.1, 0.15) is 18.8 Å². The molecule has 0 saturated carbocycles. The monoisotopic (exact) mass is 437 g/mol. The maximum atomic E-state index is 14.5. The number of hydrogen-bond acceptors (Lipinski definition) is 6. The molecular formula is C21H14F3N7O. The minimum atomic E-state index is -0.888. The lowest BCUT2D eigenvalue weighted by atomic mass is 10.2. The molecule has 5 aromatic rings. The lowest BCUT2D eigenvalue weighted by molar-refractivity contribution is 0.579. The van der Waals surface area contributed by atoms with Crippen LogP contribution < -0.4 is 10.9 Å². The van der Waals surface area contributed by atoms with Gasteiger partial charge in [0, 0.05) is 6.07 Å². The smallest absolute Gasteiger partial charge is 0.269 e. The maximum Gasteiger partial charge on any atom is 0.269 e. The SMILES string of the molecule is C[C@H](Nc1ncnc2[nH]cnc12)c1nc2cccc(F)c2c(=O)n1-c1cc(F)cc(F)c1. The molecule has 0 aliphatic rings. The fourth-order valence-electron chi connectivity index (χ4n) is 3.56. The molecule has 2 aromatic carbocycles. The van der Waals surface area contributed by atoms with E-state index in [1.165, 1.54) is 24.8 Å². The number of halogens is 3. The van der Waals surface area contributed by atoms with Crippen LogP contribution >= 0.6 is 0 Å². The summed E-state index contributed by atoms with van der Waals surface area (Å²) in [6.07, 6.45) is 2.78. The van der Waals surface area contributed by atoms with Crippen LogP contribution in [-0.2, 0) is 0 Å². The van der Waals surface area contributed by atoms with Gasteiger partial charge in [0.2, 0.25) is 0 Å². The van der Waals surface area contributed by atoms with Gasteiger partial charge in [-0.15, -0.1) is 0 Å². The Morgan fingerprint density at radius 1 is 1.06 bits per heavy atom. The minimum absolute atomic E-state index is 0.0976. The summed E-state index contributed by atoms with van der Waals surface area (Å²) in [5.74, 6) is -2.11. The third kappa shape index (κ3) is 3.23. The largest absolute Gasteiger partial charge is 0.358 e. The van der Waals surface area contributed by atoms with Crippen LogP contribution in [0.2, 0.25) is 0 Å². The number of benzene rings is 2. The van der Waals surface area contributed by atoms with Crippen LogP contribution in [0.25, 0.3) is 27.8 Å². The summed E-state index contributed by atoms with van der Waals surface area (Å²) in [5, 5.41) is 2.81. The van der Waals surface area contributed by atoms with Crippen LogP contribution in [0.4, 0.5) is 19.0 Å². The van der Waals surface area contributed by atoms with Gasteiger partial charge in [0.1, 0.15) is 40.5 Å². The molecule has 160 valence electrons. The molecule has 3 aromatic heterocycles. The first-order valence-corrected chi connectivity index (χ1v) is 9.50. The van der Waals surface area contributed by atoms with Crippen molar-refractivity contribution < 1.29 is 13.2 Å². The molecule has 0 aliphatic heterocycles. The maximum absolute atomic E-state index is 14.5. The second-order valence-corrected chi connectivity index (χ2v) is 7.06. The van der Waals surface area contributed by atoms with Crippen molar-refractivity contribution in [2.75, 3.05) is 5.32 Å². The summed E-state index contributed by atoms with van der Waals surface area (Å²) in [5.41, 5.74) is 0.139. The summed E-state index contributed by atoms with van der Waals surface area (Å²) in [6.45, 7) is 1.68. The van der Waals surface area contributed by atoms with E-state index in [0.29, 0.717) is 23.0 Å². The molecule has 1 atom stereocenters. The Hall–Kier alpha value is -4.28. The van der Waals surface area contributed by atoms with Crippen LogP contribution in [-0.4, -0.2) is 29.5 Å². The highest BCUT2D eigenvalue weighted by Crippen LogP contribution is 2.25. The lowest BCUT2D eigenvalue weighted by Crippen LogP contribution is -2.28. The summed E-state index contributed by atoms with van der Waals surface area (Å²) in [6, 6.07) is 5.98. The molecule has 0 unspecified atom stereocenters. The molecule has 0 spiro atoms. The van der Waals surface area contributed by atoms with Crippen LogP contribution in [0.3, 0.4) is 0 Å². The van der Waals surface area contributed by atoms with Crippen molar-refractivity contribution in [3.63, 3.8) is 0 Å². The number of rotatable bonds is 4. The van der Waals surface area contributed by atoms with E-state index in [9.17, 15) is 18.0 Å². The highest BCUT2D eigenvalue weighted by Gasteiger charge is 2.22. The second-order valence-electron chi connectivity index (χ2n) is 7.06. The first-order chi connectivity index (χ1) is 15.4. The number of hydrogen-bond donors (Lipinski definition) is 2. The van der Waals surface area contributed by atoms with E-state index in [1.54, 1.807) is 6.92 Å². The normalized spacial score (nSPS) is 12.4. The number of fused-ring (bicyclic) bond motifs is 2. The van der Waals surface area contributed by atoms with E-state index in [0.717, 1.165) is 22.8 Å².